The fraction of sp³-hybridized carbons (Fsp3) is 0.385. The van der Waals surface area contributed by atoms with Crippen molar-refractivity contribution in [3.8, 4) is 0 Å². The van der Waals surface area contributed by atoms with Gasteiger partial charge in [-0.3, -0.25) is 0 Å². The molecule has 1 aromatic rings. The smallest absolute Gasteiger partial charge is 0.329 e. The lowest BCUT2D eigenvalue weighted by molar-refractivity contribution is -0.146. The SMILES string of the molecule is CN(C(=O)NCc1cccc(F)c1)C(C)(C)C(=O)O. The van der Waals surface area contributed by atoms with Crippen LogP contribution in [0.1, 0.15) is 19.4 Å². The number of carboxylic acid groups (broad SMARTS) is 1. The average Bonchev–Trinajstić information content (AvgIpc) is 2.34. The Kier molecular flexibility index (Phi) is 4.47. The predicted octanol–water partition coefficient (Wildman–Crippen LogP) is 1.83. The van der Waals surface area contributed by atoms with Gasteiger partial charge in [-0.15, -0.1) is 0 Å². The number of halogens is 1. The highest BCUT2D eigenvalue weighted by Crippen LogP contribution is 2.12. The molecule has 0 aromatic heterocycles. The molecule has 0 saturated carbocycles. The van der Waals surface area contributed by atoms with Crippen molar-refractivity contribution >= 4 is 12.0 Å². The van der Waals surface area contributed by atoms with E-state index in [0.29, 0.717) is 5.56 Å². The number of nitrogens with zero attached hydrogens (tertiary/aromatic N) is 1. The van der Waals surface area contributed by atoms with E-state index >= 15 is 0 Å². The van der Waals surface area contributed by atoms with Gasteiger partial charge < -0.3 is 15.3 Å². The zero-order valence-electron chi connectivity index (χ0n) is 11.1. The van der Waals surface area contributed by atoms with Gasteiger partial charge in [0.1, 0.15) is 11.4 Å². The van der Waals surface area contributed by atoms with Gasteiger partial charge in [0, 0.05) is 13.6 Å². The van der Waals surface area contributed by atoms with Crippen molar-refractivity contribution in [1.82, 2.24) is 10.2 Å². The van der Waals surface area contributed by atoms with E-state index in [1.165, 1.54) is 33.0 Å². The highest BCUT2D eigenvalue weighted by molar-refractivity contribution is 5.85. The molecule has 1 aromatic carbocycles. The molecule has 5 nitrogen and oxygen atoms in total. The number of urea groups is 1. The van der Waals surface area contributed by atoms with Crippen LogP contribution in [-0.2, 0) is 11.3 Å². The largest absolute Gasteiger partial charge is 0.480 e. The second-order valence-corrected chi connectivity index (χ2v) is 4.71. The van der Waals surface area contributed by atoms with E-state index < -0.39 is 17.5 Å². The minimum absolute atomic E-state index is 0.136. The Morgan fingerprint density at radius 2 is 2.05 bits per heavy atom. The lowest BCUT2D eigenvalue weighted by Gasteiger charge is -2.31. The summed E-state index contributed by atoms with van der Waals surface area (Å²) in [5.74, 6) is -1.48. The van der Waals surface area contributed by atoms with Crippen LogP contribution in [0.2, 0.25) is 0 Å². The maximum absolute atomic E-state index is 12.9. The van der Waals surface area contributed by atoms with Crippen LogP contribution in [0.5, 0.6) is 0 Å². The fourth-order valence-electron chi connectivity index (χ4n) is 1.34. The van der Waals surface area contributed by atoms with Crippen LogP contribution < -0.4 is 5.32 Å². The summed E-state index contributed by atoms with van der Waals surface area (Å²) < 4.78 is 12.9. The molecule has 6 heteroatoms. The van der Waals surface area contributed by atoms with E-state index in [9.17, 15) is 14.0 Å². The minimum atomic E-state index is -1.31. The molecule has 0 saturated heterocycles. The molecule has 0 atom stereocenters. The molecule has 0 spiro atoms. The lowest BCUT2D eigenvalue weighted by Crippen LogP contribution is -2.53. The molecule has 0 radical (unpaired) electrons. The lowest BCUT2D eigenvalue weighted by atomic mass is 10.1. The van der Waals surface area contributed by atoms with E-state index in [2.05, 4.69) is 5.32 Å². The molecule has 1 rings (SSSR count). The molecule has 19 heavy (non-hydrogen) atoms. The third kappa shape index (κ3) is 3.67. The second kappa shape index (κ2) is 5.69. The predicted molar refractivity (Wildman–Crippen MR) is 68.1 cm³/mol. The quantitative estimate of drug-likeness (QED) is 0.875. The number of nitrogens with one attached hydrogen (secondary N) is 1. The summed E-state index contributed by atoms with van der Waals surface area (Å²) >= 11 is 0. The first-order valence-electron chi connectivity index (χ1n) is 5.74. The molecule has 0 aliphatic carbocycles. The van der Waals surface area contributed by atoms with Crippen LogP contribution in [0.15, 0.2) is 24.3 Å². The van der Waals surface area contributed by atoms with Gasteiger partial charge in [0.05, 0.1) is 0 Å². The Bertz CT molecular complexity index is 489. The molecule has 0 bridgehead atoms. The summed E-state index contributed by atoms with van der Waals surface area (Å²) in [5.41, 5.74) is -0.707. The molecular weight excluding hydrogens is 251 g/mol. The van der Waals surface area contributed by atoms with Gasteiger partial charge in [0.2, 0.25) is 0 Å². The minimum Gasteiger partial charge on any atom is -0.480 e. The average molecular weight is 268 g/mol. The van der Waals surface area contributed by atoms with Crippen molar-refractivity contribution in [2.45, 2.75) is 25.9 Å². The third-order valence-electron chi connectivity index (χ3n) is 3.00. The van der Waals surface area contributed by atoms with E-state index in [1.807, 2.05) is 0 Å². The van der Waals surface area contributed by atoms with Gasteiger partial charge in [0.25, 0.3) is 0 Å². The van der Waals surface area contributed by atoms with Crippen molar-refractivity contribution in [3.63, 3.8) is 0 Å². The molecule has 0 fully saturated rings. The van der Waals surface area contributed by atoms with Crippen LogP contribution in [0.25, 0.3) is 0 Å². The Hall–Kier alpha value is -2.11. The van der Waals surface area contributed by atoms with Crippen LogP contribution >= 0.6 is 0 Å². The van der Waals surface area contributed by atoms with Gasteiger partial charge in [-0.25, -0.2) is 14.0 Å². The molecule has 0 heterocycles. The summed E-state index contributed by atoms with van der Waals surface area (Å²) in [5, 5.41) is 11.6. The molecule has 104 valence electrons. The number of benzene rings is 1. The number of hydrogen-bond acceptors (Lipinski definition) is 2. The molecular formula is C13H17FN2O3. The Balaban J connectivity index is 2.63. The number of carboxylic acids is 1. The van der Waals surface area contributed by atoms with Crippen molar-refractivity contribution < 1.29 is 19.1 Å². The highest BCUT2D eigenvalue weighted by atomic mass is 19.1. The summed E-state index contributed by atoms with van der Waals surface area (Å²) in [7, 11) is 1.40. The normalized spacial score (nSPS) is 10.9. The summed E-state index contributed by atoms with van der Waals surface area (Å²) in [6.45, 7) is 2.99. The van der Waals surface area contributed by atoms with Crippen LogP contribution in [0.3, 0.4) is 0 Å². The number of rotatable bonds is 4. The van der Waals surface area contributed by atoms with Gasteiger partial charge in [-0.1, -0.05) is 12.1 Å². The molecule has 2 amide bonds. The van der Waals surface area contributed by atoms with Gasteiger partial charge in [0.15, 0.2) is 0 Å². The van der Waals surface area contributed by atoms with Crippen LogP contribution in [0.4, 0.5) is 9.18 Å². The fourth-order valence-corrected chi connectivity index (χ4v) is 1.34. The van der Waals surface area contributed by atoms with Crippen LogP contribution in [-0.4, -0.2) is 34.6 Å². The number of hydrogen-bond donors (Lipinski definition) is 2. The molecule has 2 N–H and O–H groups in total. The van der Waals surface area contributed by atoms with Crippen molar-refractivity contribution in [1.29, 1.82) is 0 Å². The van der Waals surface area contributed by atoms with Crippen LogP contribution in [0, 0.1) is 5.82 Å². The Morgan fingerprint density at radius 1 is 1.42 bits per heavy atom. The van der Waals surface area contributed by atoms with Gasteiger partial charge in [-0.05, 0) is 31.5 Å². The highest BCUT2D eigenvalue weighted by Gasteiger charge is 2.35. The maximum Gasteiger partial charge on any atom is 0.329 e. The van der Waals surface area contributed by atoms with E-state index in [4.69, 9.17) is 5.11 Å². The van der Waals surface area contributed by atoms with Crippen molar-refractivity contribution in [2.24, 2.45) is 0 Å². The summed E-state index contributed by atoms with van der Waals surface area (Å²) in [4.78, 5) is 23.9. The van der Waals surface area contributed by atoms with Gasteiger partial charge >= 0.3 is 12.0 Å². The third-order valence-corrected chi connectivity index (χ3v) is 3.00. The first kappa shape index (κ1) is 14.9. The van der Waals surface area contributed by atoms with E-state index in [1.54, 1.807) is 12.1 Å². The topological polar surface area (TPSA) is 69.6 Å². The zero-order valence-corrected chi connectivity index (χ0v) is 11.1. The standard InChI is InChI=1S/C13H17FN2O3/c1-13(2,11(17)18)16(3)12(19)15-8-9-5-4-6-10(14)7-9/h4-7H,8H2,1-3H3,(H,15,19)(H,17,18). The molecule has 0 aliphatic rings. The number of amides is 2. The Morgan fingerprint density at radius 3 is 2.58 bits per heavy atom. The zero-order chi connectivity index (χ0) is 14.6. The van der Waals surface area contributed by atoms with Gasteiger partial charge in [-0.2, -0.15) is 0 Å². The second-order valence-electron chi connectivity index (χ2n) is 4.71. The number of aliphatic carboxylic acids is 1. The first-order chi connectivity index (χ1) is 8.75. The summed E-state index contributed by atoms with van der Waals surface area (Å²) in [6.07, 6.45) is 0. The summed E-state index contributed by atoms with van der Waals surface area (Å²) in [6, 6.07) is 5.30. The number of carbonyl (C=O) groups is 2. The molecule has 0 unspecified atom stereocenters. The Labute approximate surface area is 111 Å². The number of likely N-dealkylation sites (N-methyl/N-ethyl adjacent to an activating group) is 1. The monoisotopic (exact) mass is 268 g/mol. The van der Waals surface area contributed by atoms with E-state index in [0.717, 1.165) is 4.90 Å². The number of carbonyl (C=O) groups excluding carboxylic acids is 1. The van der Waals surface area contributed by atoms with E-state index in [-0.39, 0.29) is 12.4 Å². The van der Waals surface area contributed by atoms with Crippen molar-refractivity contribution in [2.75, 3.05) is 7.05 Å². The maximum atomic E-state index is 12.9. The molecule has 0 aliphatic heterocycles. The van der Waals surface area contributed by atoms with Crippen molar-refractivity contribution in [3.05, 3.63) is 35.6 Å². The first-order valence-corrected chi connectivity index (χ1v) is 5.74.